The number of nitrogens with one attached hydrogen (secondary N) is 1. The zero-order valence-corrected chi connectivity index (χ0v) is 13.9. The number of halogens is 1. The minimum absolute atomic E-state index is 0.199. The molecular weight excluding hydrogens is 275 g/mol. The van der Waals surface area contributed by atoms with Crippen molar-refractivity contribution in [2.75, 3.05) is 12.4 Å². The summed E-state index contributed by atoms with van der Waals surface area (Å²) in [4.78, 5) is 0. The molecular formula is C19H25FN2. The first-order chi connectivity index (χ1) is 10.5. The molecule has 0 fully saturated rings. The molecule has 0 saturated heterocycles. The van der Waals surface area contributed by atoms with Crippen LogP contribution in [0, 0.1) is 5.82 Å². The molecule has 0 unspecified atom stereocenters. The fraction of sp³-hybridized carbons (Fsp3) is 0.368. The smallest absolute Gasteiger partial charge is 0.124 e. The monoisotopic (exact) mass is 300 g/mol. The predicted octanol–water partition coefficient (Wildman–Crippen LogP) is 5.51. The van der Waals surface area contributed by atoms with Crippen molar-refractivity contribution in [3.8, 4) is 0 Å². The first kappa shape index (κ1) is 16.3. The van der Waals surface area contributed by atoms with Gasteiger partial charge >= 0.3 is 0 Å². The maximum Gasteiger partial charge on any atom is 0.124 e. The van der Waals surface area contributed by atoms with Gasteiger partial charge in [-0.1, -0.05) is 23.3 Å². The summed E-state index contributed by atoms with van der Waals surface area (Å²) >= 11 is 0. The van der Waals surface area contributed by atoms with Crippen LogP contribution in [0.3, 0.4) is 0 Å². The van der Waals surface area contributed by atoms with Gasteiger partial charge in [0, 0.05) is 25.2 Å². The largest absolute Gasteiger partial charge is 0.386 e. The van der Waals surface area contributed by atoms with Gasteiger partial charge in [-0.3, -0.25) is 0 Å². The number of benzene rings is 1. The number of fused-ring (bicyclic) bond motifs is 1. The average Bonchev–Trinajstić information content (AvgIpc) is 2.82. The molecule has 22 heavy (non-hydrogen) atoms. The molecule has 118 valence electrons. The Morgan fingerprint density at radius 3 is 2.68 bits per heavy atom. The zero-order chi connectivity index (χ0) is 16.1. The Morgan fingerprint density at radius 2 is 2.00 bits per heavy atom. The van der Waals surface area contributed by atoms with Gasteiger partial charge in [0.05, 0.1) is 11.2 Å². The summed E-state index contributed by atoms with van der Waals surface area (Å²) in [6.45, 7) is 7.24. The Morgan fingerprint density at radius 1 is 1.23 bits per heavy atom. The summed E-state index contributed by atoms with van der Waals surface area (Å²) < 4.78 is 15.6. The van der Waals surface area contributed by atoms with Crippen molar-refractivity contribution in [2.45, 2.75) is 40.2 Å². The maximum absolute atomic E-state index is 13.4. The lowest BCUT2D eigenvalue weighted by Gasteiger charge is -2.03. The SMILES string of the molecule is CNc1cn(C/C=C(\C)CCC=C(C)C)c2ccc(F)cc12. The average molecular weight is 300 g/mol. The Kier molecular flexibility index (Phi) is 5.42. The molecule has 0 spiro atoms. The van der Waals surface area contributed by atoms with E-state index in [1.165, 1.54) is 17.2 Å². The molecule has 0 radical (unpaired) electrons. The van der Waals surface area contributed by atoms with Gasteiger partial charge < -0.3 is 9.88 Å². The predicted molar refractivity (Wildman–Crippen MR) is 93.9 cm³/mol. The Labute approximate surface area is 132 Å². The molecule has 0 aliphatic heterocycles. The van der Waals surface area contributed by atoms with Crippen molar-refractivity contribution in [2.24, 2.45) is 0 Å². The molecule has 2 aromatic rings. The standard InChI is InChI=1S/C19H25FN2/c1-14(2)6-5-7-15(3)10-11-22-13-18(21-4)17-12-16(20)8-9-19(17)22/h6,8-10,12-13,21H,5,7,11H2,1-4H3/b15-10+. The van der Waals surface area contributed by atoms with E-state index in [9.17, 15) is 4.39 Å². The Balaban J connectivity index is 2.16. The van der Waals surface area contributed by atoms with Crippen molar-refractivity contribution in [3.05, 3.63) is 53.5 Å². The summed E-state index contributed by atoms with van der Waals surface area (Å²) in [6, 6.07) is 4.95. The quantitative estimate of drug-likeness (QED) is 0.695. The molecule has 0 saturated carbocycles. The molecule has 0 aliphatic rings. The third-order valence-electron chi connectivity index (χ3n) is 3.84. The van der Waals surface area contributed by atoms with E-state index in [0.29, 0.717) is 0 Å². The van der Waals surface area contributed by atoms with Crippen molar-refractivity contribution < 1.29 is 4.39 Å². The highest BCUT2D eigenvalue weighted by molar-refractivity contribution is 5.93. The fourth-order valence-electron chi connectivity index (χ4n) is 2.56. The van der Waals surface area contributed by atoms with Gasteiger partial charge in [0.1, 0.15) is 5.82 Å². The number of nitrogens with zero attached hydrogens (tertiary/aromatic N) is 1. The van der Waals surface area contributed by atoms with Crippen LogP contribution < -0.4 is 5.32 Å². The van der Waals surface area contributed by atoms with Crippen LogP contribution in [-0.2, 0) is 6.54 Å². The molecule has 0 atom stereocenters. The maximum atomic E-state index is 13.4. The van der Waals surface area contributed by atoms with Crippen LogP contribution in [0.4, 0.5) is 10.1 Å². The first-order valence-electron chi connectivity index (χ1n) is 7.76. The highest BCUT2D eigenvalue weighted by Gasteiger charge is 2.07. The van der Waals surface area contributed by atoms with E-state index < -0.39 is 0 Å². The van der Waals surface area contributed by atoms with Crippen LogP contribution in [0.1, 0.15) is 33.6 Å². The Bertz CT molecular complexity index is 704. The molecule has 3 heteroatoms. The number of allylic oxidation sites excluding steroid dienone is 4. The fourth-order valence-corrected chi connectivity index (χ4v) is 2.56. The third kappa shape index (κ3) is 4.00. The summed E-state index contributed by atoms with van der Waals surface area (Å²) in [5.74, 6) is -0.199. The van der Waals surface area contributed by atoms with Gasteiger partial charge in [0.25, 0.3) is 0 Å². The summed E-state index contributed by atoms with van der Waals surface area (Å²) in [5.41, 5.74) is 4.77. The second-order valence-electron chi connectivity index (χ2n) is 5.98. The van der Waals surface area contributed by atoms with E-state index in [1.54, 1.807) is 6.07 Å². The summed E-state index contributed by atoms with van der Waals surface area (Å²) in [6.07, 6.45) is 8.73. The van der Waals surface area contributed by atoms with Crippen LogP contribution in [0.15, 0.2) is 47.7 Å². The number of anilines is 1. The topological polar surface area (TPSA) is 17.0 Å². The molecule has 0 bridgehead atoms. The van der Waals surface area contributed by atoms with E-state index >= 15 is 0 Å². The normalized spacial score (nSPS) is 11.8. The van der Waals surface area contributed by atoms with Crippen molar-refractivity contribution >= 4 is 16.6 Å². The lowest BCUT2D eigenvalue weighted by molar-refractivity contribution is 0.629. The second-order valence-corrected chi connectivity index (χ2v) is 5.98. The van der Waals surface area contributed by atoms with Crippen LogP contribution in [0.5, 0.6) is 0 Å². The van der Waals surface area contributed by atoms with Crippen LogP contribution in [0.2, 0.25) is 0 Å². The van der Waals surface area contributed by atoms with Gasteiger partial charge in [-0.2, -0.15) is 0 Å². The molecule has 0 amide bonds. The van der Waals surface area contributed by atoms with Gasteiger partial charge in [-0.25, -0.2) is 4.39 Å². The molecule has 1 aromatic carbocycles. The lowest BCUT2D eigenvalue weighted by atomic mass is 10.1. The van der Waals surface area contributed by atoms with E-state index in [2.05, 4.69) is 42.8 Å². The molecule has 1 N–H and O–H groups in total. The van der Waals surface area contributed by atoms with E-state index in [0.717, 1.165) is 36.0 Å². The third-order valence-corrected chi connectivity index (χ3v) is 3.84. The molecule has 1 heterocycles. The second kappa shape index (κ2) is 7.30. The van der Waals surface area contributed by atoms with Gasteiger partial charge in [-0.15, -0.1) is 0 Å². The number of aromatic nitrogens is 1. The van der Waals surface area contributed by atoms with Crippen molar-refractivity contribution in [3.63, 3.8) is 0 Å². The summed E-state index contributed by atoms with van der Waals surface area (Å²) in [5, 5.41) is 4.06. The molecule has 0 aliphatic carbocycles. The van der Waals surface area contributed by atoms with E-state index in [1.807, 2.05) is 19.3 Å². The van der Waals surface area contributed by atoms with Crippen LogP contribution in [0.25, 0.3) is 10.9 Å². The molecule has 2 rings (SSSR count). The van der Waals surface area contributed by atoms with Gasteiger partial charge in [-0.05, 0) is 51.8 Å². The zero-order valence-electron chi connectivity index (χ0n) is 13.9. The number of hydrogen-bond donors (Lipinski definition) is 1. The number of rotatable bonds is 6. The molecule has 1 aromatic heterocycles. The highest BCUT2D eigenvalue weighted by Crippen LogP contribution is 2.26. The van der Waals surface area contributed by atoms with E-state index in [-0.39, 0.29) is 5.82 Å². The van der Waals surface area contributed by atoms with Gasteiger partial charge in [0.2, 0.25) is 0 Å². The Hall–Kier alpha value is -2.03. The number of hydrogen-bond acceptors (Lipinski definition) is 1. The minimum atomic E-state index is -0.199. The van der Waals surface area contributed by atoms with Crippen LogP contribution >= 0.6 is 0 Å². The van der Waals surface area contributed by atoms with Crippen molar-refractivity contribution in [1.82, 2.24) is 4.57 Å². The minimum Gasteiger partial charge on any atom is -0.386 e. The van der Waals surface area contributed by atoms with Crippen molar-refractivity contribution in [1.29, 1.82) is 0 Å². The summed E-state index contributed by atoms with van der Waals surface area (Å²) in [7, 11) is 1.87. The highest BCUT2D eigenvalue weighted by atomic mass is 19.1. The first-order valence-corrected chi connectivity index (χ1v) is 7.76. The van der Waals surface area contributed by atoms with E-state index in [4.69, 9.17) is 0 Å². The van der Waals surface area contributed by atoms with Crippen LogP contribution in [-0.4, -0.2) is 11.6 Å². The molecule has 2 nitrogen and oxygen atoms in total. The van der Waals surface area contributed by atoms with Gasteiger partial charge in [0.15, 0.2) is 0 Å². The lowest BCUT2D eigenvalue weighted by Crippen LogP contribution is -1.94.